The van der Waals surface area contributed by atoms with Crippen molar-refractivity contribution in [3.63, 3.8) is 0 Å². The maximum Gasteiger partial charge on any atom is 0.254 e. The Morgan fingerprint density at radius 1 is 0.889 bits per heavy atom. The first-order chi connectivity index (χ1) is 13.0. The summed E-state index contributed by atoms with van der Waals surface area (Å²) in [7, 11) is 0. The first-order valence-corrected chi connectivity index (χ1v) is 8.81. The van der Waals surface area contributed by atoms with Gasteiger partial charge in [-0.05, 0) is 41.0 Å². The number of nitrogens with one attached hydrogen (secondary N) is 2. The molecule has 2 amide bonds. The molecule has 27 heavy (non-hydrogen) atoms. The van der Waals surface area contributed by atoms with Gasteiger partial charge in [0.15, 0.2) is 0 Å². The van der Waals surface area contributed by atoms with E-state index in [0.29, 0.717) is 5.69 Å². The third kappa shape index (κ3) is 4.31. The molecule has 0 aromatic heterocycles. The quantitative estimate of drug-likeness (QED) is 0.706. The Balaban J connectivity index is 1.76. The molecule has 0 radical (unpaired) electrons. The fraction of sp³-hybridized carbons (Fsp3) is 0.182. The Kier molecular flexibility index (Phi) is 5.50. The topological polar surface area (TPSA) is 58.2 Å². The highest BCUT2D eigenvalue weighted by Gasteiger charge is 2.25. The van der Waals surface area contributed by atoms with Crippen LogP contribution in [0.3, 0.4) is 0 Å². The Hall–Kier alpha value is -3.21. The highest BCUT2D eigenvalue weighted by Crippen LogP contribution is 2.19. The lowest BCUT2D eigenvalue weighted by Crippen LogP contribution is -2.47. The van der Waals surface area contributed by atoms with Crippen LogP contribution >= 0.6 is 0 Å². The number of fused-ring (bicyclic) bond motifs is 1. The van der Waals surface area contributed by atoms with Crippen LogP contribution in [0.5, 0.6) is 0 Å². The standard InChI is InChI=1S/C22H21FN2O2/c1-14(2)20(25-21(26)18-9-5-6-10-19(18)23)22(27)24-17-12-11-15-7-3-4-8-16(15)13-17/h3-14,20H,1-2H3,(H,24,27)(H,25,26). The number of hydrogen-bond donors (Lipinski definition) is 2. The summed E-state index contributed by atoms with van der Waals surface area (Å²) in [5.74, 6) is -1.74. The Morgan fingerprint density at radius 2 is 1.56 bits per heavy atom. The molecular weight excluding hydrogens is 343 g/mol. The van der Waals surface area contributed by atoms with Crippen LogP contribution in [0.1, 0.15) is 24.2 Å². The van der Waals surface area contributed by atoms with Gasteiger partial charge in [-0.15, -0.1) is 0 Å². The molecule has 3 rings (SSSR count). The van der Waals surface area contributed by atoms with Crippen molar-refractivity contribution in [1.29, 1.82) is 0 Å². The second-order valence-corrected chi connectivity index (χ2v) is 6.73. The number of benzene rings is 3. The molecule has 0 aliphatic rings. The molecule has 138 valence electrons. The summed E-state index contributed by atoms with van der Waals surface area (Å²) in [5.41, 5.74) is 0.561. The van der Waals surface area contributed by atoms with Gasteiger partial charge in [-0.1, -0.05) is 56.3 Å². The Morgan fingerprint density at radius 3 is 2.26 bits per heavy atom. The normalized spacial score (nSPS) is 12.0. The van der Waals surface area contributed by atoms with Crippen molar-refractivity contribution in [2.45, 2.75) is 19.9 Å². The molecule has 1 atom stereocenters. The van der Waals surface area contributed by atoms with Crippen LogP contribution in [0.15, 0.2) is 66.7 Å². The maximum atomic E-state index is 13.8. The monoisotopic (exact) mass is 364 g/mol. The van der Waals surface area contributed by atoms with E-state index in [1.807, 2.05) is 56.3 Å². The second-order valence-electron chi connectivity index (χ2n) is 6.73. The molecule has 0 aliphatic carbocycles. The number of halogens is 1. The van der Waals surface area contributed by atoms with E-state index in [1.165, 1.54) is 18.2 Å². The van der Waals surface area contributed by atoms with E-state index < -0.39 is 17.8 Å². The largest absolute Gasteiger partial charge is 0.340 e. The van der Waals surface area contributed by atoms with E-state index in [4.69, 9.17) is 0 Å². The van der Waals surface area contributed by atoms with Crippen molar-refractivity contribution in [2.75, 3.05) is 5.32 Å². The lowest BCUT2D eigenvalue weighted by molar-refractivity contribution is -0.118. The van der Waals surface area contributed by atoms with Crippen molar-refractivity contribution in [2.24, 2.45) is 5.92 Å². The molecule has 1 unspecified atom stereocenters. The predicted molar refractivity (Wildman–Crippen MR) is 105 cm³/mol. The summed E-state index contributed by atoms with van der Waals surface area (Å²) >= 11 is 0. The van der Waals surface area contributed by atoms with Gasteiger partial charge >= 0.3 is 0 Å². The number of amides is 2. The zero-order chi connectivity index (χ0) is 19.4. The predicted octanol–water partition coefficient (Wildman–Crippen LogP) is 4.37. The second kappa shape index (κ2) is 7.99. The van der Waals surface area contributed by atoms with Gasteiger partial charge in [0.2, 0.25) is 5.91 Å². The zero-order valence-corrected chi connectivity index (χ0v) is 15.2. The Bertz CT molecular complexity index is 985. The molecule has 2 N–H and O–H groups in total. The molecule has 0 saturated heterocycles. The SMILES string of the molecule is CC(C)C(NC(=O)c1ccccc1F)C(=O)Nc1ccc2ccccc2c1. The molecule has 4 nitrogen and oxygen atoms in total. The highest BCUT2D eigenvalue weighted by atomic mass is 19.1. The smallest absolute Gasteiger partial charge is 0.254 e. The number of anilines is 1. The van der Waals surface area contributed by atoms with Gasteiger partial charge in [-0.2, -0.15) is 0 Å². The number of rotatable bonds is 5. The molecule has 0 saturated carbocycles. The van der Waals surface area contributed by atoms with Crippen molar-refractivity contribution in [3.8, 4) is 0 Å². The first-order valence-electron chi connectivity index (χ1n) is 8.81. The molecule has 0 spiro atoms. The summed E-state index contributed by atoms with van der Waals surface area (Å²) in [6.07, 6.45) is 0. The third-order valence-corrected chi connectivity index (χ3v) is 4.37. The van der Waals surface area contributed by atoms with Crippen molar-refractivity contribution in [3.05, 3.63) is 78.1 Å². The van der Waals surface area contributed by atoms with Crippen molar-refractivity contribution >= 4 is 28.3 Å². The van der Waals surface area contributed by atoms with E-state index in [9.17, 15) is 14.0 Å². The molecule has 5 heteroatoms. The summed E-state index contributed by atoms with van der Waals surface area (Å²) in [6.45, 7) is 3.65. The summed E-state index contributed by atoms with van der Waals surface area (Å²) < 4.78 is 13.8. The average Bonchev–Trinajstić information content (AvgIpc) is 2.65. The van der Waals surface area contributed by atoms with Crippen LogP contribution in [-0.4, -0.2) is 17.9 Å². The van der Waals surface area contributed by atoms with Crippen LogP contribution in [0.2, 0.25) is 0 Å². The highest BCUT2D eigenvalue weighted by molar-refractivity contribution is 6.02. The van der Waals surface area contributed by atoms with Crippen LogP contribution in [-0.2, 0) is 4.79 Å². The number of carbonyl (C=O) groups excluding carboxylic acids is 2. The zero-order valence-electron chi connectivity index (χ0n) is 15.2. The lowest BCUT2D eigenvalue weighted by atomic mass is 10.0. The minimum Gasteiger partial charge on any atom is -0.340 e. The maximum absolute atomic E-state index is 13.8. The summed E-state index contributed by atoms with van der Waals surface area (Å²) in [5, 5.41) is 7.56. The number of hydrogen-bond acceptors (Lipinski definition) is 2. The fourth-order valence-corrected chi connectivity index (χ4v) is 2.89. The van der Waals surface area contributed by atoms with Crippen LogP contribution in [0, 0.1) is 11.7 Å². The third-order valence-electron chi connectivity index (χ3n) is 4.37. The molecular formula is C22H21FN2O2. The van der Waals surface area contributed by atoms with E-state index >= 15 is 0 Å². The van der Waals surface area contributed by atoms with Crippen molar-refractivity contribution in [1.82, 2.24) is 5.32 Å². The molecule has 0 bridgehead atoms. The summed E-state index contributed by atoms with van der Waals surface area (Å²) in [4.78, 5) is 25.1. The number of carbonyl (C=O) groups is 2. The molecule has 0 fully saturated rings. The van der Waals surface area contributed by atoms with Gasteiger partial charge in [0.05, 0.1) is 5.56 Å². The van der Waals surface area contributed by atoms with Gasteiger partial charge in [-0.25, -0.2) is 4.39 Å². The van der Waals surface area contributed by atoms with Gasteiger partial charge in [0, 0.05) is 5.69 Å². The lowest BCUT2D eigenvalue weighted by Gasteiger charge is -2.22. The minimum absolute atomic E-state index is 0.0818. The average molecular weight is 364 g/mol. The van der Waals surface area contributed by atoms with E-state index in [1.54, 1.807) is 6.07 Å². The van der Waals surface area contributed by atoms with E-state index in [0.717, 1.165) is 10.8 Å². The molecule has 0 aliphatic heterocycles. The first kappa shape index (κ1) is 18.6. The fourth-order valence-electron chi connectivity index (χ4n) is 2.89. The van der Waals surface area contributed by atoms with Crippen LogP contribution in [0.4, 0.5) is 10.1 Å². The van der Waals surface area contributed by atoms with Gasteiger partial charge in [-0.3, -0.25) is 9.59 Å². The molecule has 3 aromatic carbocycles. The van der Waals surface area contributed by atoms with E-state index in [2.05, 4.69) is 10.6 Å². The molecule has 3 aromatic rings. The van der Waals surface area contributed by atoms with E-state index in [-0.39, 0.29) is 17.4 Å². The van der Waals surface area contributed by atoms with Crippen molar-refractivity contribution < 1.29 is 14.0 Å². The molecule has 0 heterocycles. The van der Waals surface area contributed by atoms with Crippen LogP contribution in [0.25, 0.3) is 10.8 Å². The minimum atomic E-state index is -0.788. The van der Waals surface area contributed by atoms with Gasteiger partial charge < -0.3 is 10.6 Å². The summed E-state index contributed by atoms with van der Waals surface area (Å²) in [6, 6.07) is 18.4. The Labute approximate surface area is 157 Å². The van der Waals surface area contributed by atoms with Crippen LogP contribution < -0.4 is 10.6 Å². The van der Waals surface area contributed by atoms with Gasteiger partial charge in [0.25, 0.3) is 5.91 Å². The van der Waals surface area contributed by atoms with Gasteiger partial charge in [0.1, 0.15) is 11.9 Å².